The highest BCUT2D eigenvalue weighted by Crippen LogP contribution is 2.33. The monoisotopic (exact) mass is 287 g/mol. The number of amides is 1. The molecule has 1 aliphatic rings. The number of rotatable bonds is 2. The van der Waals surface area contributed by atoms with E-state index < -0.39 is 11.4 Å². The van der Waals surface area contributed by atoms with Gasteiger partial charge in [-0.2, -0.15) is 0 Å². The molecule has 21 heavy (non-hydrogen) atoms. The number of ketones is 1. The second-order valence-electron chi connectivity index (χ2n) is 6.46. The Morgan fingerprint density at radius 3 is 2.33 bits per heavy atom. The summed E-state index contributed by atoms with van der Waals surface area (Å²) >= 11 is 0. The molecule has 2 N–H and O–H groups in total. The maximum atomic E-state index is 12.2. The van der Waals surface area contributed by atoms with E-state index in [0.717, 1.165) is 5.56 Å². The first-order chi connectivity index (χ1) is 9.78. The summed E-state index contributed by atoms with van der Waals surface area (Å²) < 4.78 is 0. The van der Waals surface area contributed by atoms with Crippen LogP contribution in [0.3, 0.4) is 0 Å². The molecule has 0 heterocycles. The van der Waals surface area contributed by atoms with Crippen molar-refractivity contribution in [2.24, 2.45) is 0 Å². The van der Waals surface area contributed by atoms with Crippen LogP contribution in [0.5, 0.6) is 0 Å². The molecule has 0 radical (unpaired) electrons. The predicted molar refractivity (Wildman–Crippen MR) is 81.0 cm³/mol. The van der Waals surface area contributed by atoms with Gasteiger partial charge in [-0.05, 0) is 32.3 Å². The lowest BCUT2D eigenvalue weighted by atomic mass is 9.82. The topological polar surface area (TPSA) is 66.4 Å². The Bertz CT molecular complexity index is 582. The van der Waals surface area contributed by atoms with Crippen LogP contribution in [0.4, 0.5) is 0 Å². The van der Waals surface area contributed by atoms with Crippen LogP contribution < -0.4 is 5.32 Å². The molecule has 0 saturated heterocycles. The summed E-state index contributed by atoms with van der Waals surface area (Å²) in [6.07, 6.45) is 0.573. The van der Waals surface area contributed by atoms with Crippen LogP contribution in [-0.2, 0) is 9.59 Å². The number of Topliss-reactive ketones (excluding diaryl/α,β-unsaturated/α-hetero) is 1. The van der Waals surface area contributed by atoms with Crippen molar-refractivity contribution in [1.29, 1.82) is 0 Å². The predicted octanol–water partition coefficient (Wildman–Crippen LogP) is 2.86. The molecule has 1 amide bonds. The van der Waals surface area contributed by atoms with Gasteiger partial charge in [0.25, 0.3) is 5.91 Å². The smallest absolute Gasteiger partial charge is 0.258 e. The van der Waals surface area contributed by atoms with Crippen LogP contribution in [0, 0.1) is 0 Å². The highest BCUT2D eigenvalue weighted by Gasteiger charge is 2.33. The average molecular weight is 287 g/mol. The van der Waals surface area contributed by atoms with E-state index in [-0.39, 0.29) is 29.5 Å². The zero-order valence-corrected chi connectivity index (χ0v) is 12.6. The third-order valence-electron chi connectivity index (χ3n) is 3.43. The molecule has 0 aliphatic heterocycles. The summed E-state index contributed by atoms with van der Waals surface area (Å²) in [4.78, 5) is 24.4. The molecule has 4 heteroatoms. The van der Waals surface area contributed by atoms with Crippen LogP contribution in [0.25, 0.3) is 0 Å². The second-order valence-corrected chi connectivity index (χ2v) is 6.46. The molecule has 1 aromatic carbocycles. The lowest BCUT2D eigenvalue weighted by Gasteiger charge is -2.26. The molecule has 0 bridgehead atoms. The lowest BCUT2D eigenvalue weighted by molar-refractivity contribution is -0.124. The lowest BCUT2D eigenvalue weighted by Crippen LogP contribution is -2.43. The van der Waals surface area contributed by atoms with Gasteiger partial charge < -0.3 is 10.4 Å². The van der Waals surface area contributed by atoms with E-state index in [1.807, 2.05) is 51.1 Å². The summed E-state index contributed by atoms with van der Waals surface area (Å²) in [7, 11) is 0. The minimum absolute atomic E-state index is 0.0649. The van der Waals surface area contributed by atoms with E-state index in [4.69, 9.17) is 0 Å². The molecule has 1 aliphatic carbocycles. The molecule has 0 aromatic heterocycles. The molecule has 4 nitrogen and oxygen atoms in total. The Kier molecular flexibility index (Phi) is 4.16. The molecule has 0 saturated carbocycles. The molecule has 112 valence electrons. The van der Waals surface area contributed by atoms with Gasteiger partial charge in [-0.15, -0.1) is 0 Å². The zero-order chi connectivity index (χ0) is 15.6. The number of carbonyl (C=O) groups excluding carboxylic acids is 2. The summed E-state index contributed by atoms with van der Waals surface area (Å²) in [6.45, 7) is 5.51. The quantitative estimate of drug-likeness (QED) is 0.822. The summed E-state index contributed by atoms with van der Waals surface area (Å²) in [5.74, 6) is -0.961. The number of aliphatic hydroxyl groups is 1. The SMILES string of the molecule is CC(C)(C)NC(=O)C1=C(O)CC(c2ccccc2)CC1=O. The first-order valence-electron chi connectivity index (χ1n) is 7.10. The van der Waals surface area contributed by atoms with E-state index in [9.17, 15) is 14.7 Å². The van der Waals surface area contributed by atoms with Crippen molar-refractivity contribution in [3.63, 3.8) is 0 Å². The van der Waals surface area contributed by atoms with Gasteiger partial charge in [-0.25, -0.2) is 0 Å². The van der Waals surface area contributed by atoms with Gasteiger partial charge in [0.05, 0.1) is 0 Å². The number of hydrogen-bond donors (Lipinski definition) is 2. The van der Waals surface area contributed by atoms with Crippen molar-refractivity contribution in [2.75, 3.05) is 0 Å². The van der Waals surface area contributed by atoms with Gasteiger partial charge in [-0.3, -0.25) is 9.59 Å². The fourth-order valence-corrected chi connectivity index (χ4v) is 2.52. The number of aliphatic hydroxyl groups excluding tert-OH is 1. The minimum Gasteiger partial charge on any atom is -0.511 e. The van der Waals surface area contributed by atoms with E-state index in [1.165, 1.54) is 0 Å². The van der Waals surface area contributed by atoms with E-state index in [2.05, 4.69) is 5.32 Å². The van der Waals surface area contributed by atoms with Crippen LogP contribution in [-0.4, -0.2) is 22.3 Å². The van der Waals surface area contributed by atoms with Crippen LogP contribution in [0.15, 0.2) is 41.7 Å². The first-order valence-corrected chi connectivity index (χ1v) is 7.10. The van der Waals surface area contributed by atoms with E-state index in [1.54, 1.807) is 0 Å². The Balaban J connectivity index is 2.22. The minimum atomic E-state index is -0.489. The van der Waals surface area contributed by atoms with Gasteiger partial charge in [0, 0.05) is 18.4 Å². The summed E-state index contributed by atoms with van der Waals surface area (Å²) in [6, 6.07) is 9.59. The number of benzene rings is 1. The van der Waals surface area contributed by atoms with Crippen molar-refractivity contribution >= 4 is 11.7 Å². The largest absolute Gasteiger partial charge is 0.511 e. The molecule has 1 atom stereocenters. The highest BCUT2D eigenvalue weighted by atomic mass is 16.3. The number of nitrogens with one attached hydrogen (secondary N) is 1. The van der Waals surface area contributed by atoms with Crippen LogP contribution in [0.2, 0.25) is 0 Å². The Morgan fingerprint density at radius 2 is 1.81 bits per heavy atom. The number of hydrogen-bond acceptors (Lipinski definition) is 3. The molecular formula is C17H21NO3. The molecule has 2 rings (SSSR count). The molecular weight excluding hydrogens is 266 g/mol. The van der Waals surface area contributed by atoms with Gasteiger partial charge in [0.1, 0.15) is 11.3 Å². The fourth-order valence-electron chi connectivity index (χ4n) is 2.52. The van der Waals surface area contributed by atoms with Crippen molar-refractivity contribution in [3.05, 3.63) is 47.2 Å². The van der Waals surface area contributed by atoms with Gasteiger partial charge in [-0.1, -0.05) is 30.3 Å². The van der Waals surface area contributed by atoms with Crippen molar-refractivity contribution in [2.45, 2.75) is 45.1 Å². The zero-order valence-electron chi connectivity index (χ0n) is 12.6. The second kappa shape index (κ2) is 5.72. The molecule has 0 fully saturated rings. The third-order valence-corrected chi connectivity index (χ3v) is 3.43. The summed E-state index contributed by atoms with van der Waals surface area (Å²) in [5, 5.41) is 12.9. The normalized spacial score (nSPS) is 19.6. The van der Waals surface area contributed by atoms with Gasteiger partial charge in [0.15, 0.2) is 5.78 Å². The maximum absolute atomic E-state index is 12.2. The van der Waals surface area contributed by atoms with E-state index in [0.29, 0.717) is 6.42 Å². The molecule has 1 aromatic rings. The van der Waals surface area contributed by atoms with Crippen LogP contribution >= 0.6 is 0 Å². The average Bonchev–Trinajstić information content (AvgIpc) is 2.36. The van der Waals surface area contributed by atoms with Gasteiger partial charge in [0.2, 0.25) is 0 Å². The standard InChI is InChI=1S/C17H21NO3/c1-17(2,3)18-16(21)15-13(19)9-12(10-14(15)20)11-7-5-4-6-8-11/h4-8,12,19H,9-10H2,1-3H3,(H,18,21). The summed E-state index contributed by atoms with van der Waals surface area (Å²) in [5.41, 5.74) is 0.478. The Morgan fingerprint density at radius 1 is 1.19 bits per heavy atom. The number of carbonyl (C=O) groups is 2. The van der Waals surface area contributed by atoms with Gasteiger partial charge >= 0.3 is 0 Å². The van der Waals surface area contributed by atoms with Crippen LogP contribution in [0.1, 0.15) is 45.1 Å². The Hall–Kier alpha value is -2.10. The first kappa shape index (κ1) is 15.3. The fraction of sp³-hybridized carbons (Fsp3) is 0.412. The molecule has 1 unspecified atom stereocenters. The van der Waals surface area contributed by atoms with E-state index >= 15 is 0 Å². The van der Waals surface area contributed by atoms with Crippen molar-refractivity contribution < 1.29 is 14.7 Å². The van der Waals surface area contributed by atoms with Crippen molar-refractivity contribution in [3.8, 4) is 0 Å². The molecule has 0 spiro atoms. The van der Waals surface area contributed by atoms with Crippen molar-refractivity contribution in [1.82, 2.24) is 5.32 Å². The third kappa shape index (κ3) is 3.72. The Labute approximate surface area is 124 Å². The maximum Gasteiger partial charge on any atom is 0.258 e. The highest BCUT2D eigenvalue weighted by molar-refractivity contribution is 6.20. The number of allylic oxidation sites excluding steroid dienone is 1.